The smallest absolute Gasteiger partial charge is 0.0194 e. The molecule has 2 atom stereocenters. The molecule has 0 bridgehead atoms. The second-order valence-electron chi connectivity index (χ2n) is 4.53. The summed E-state index contributed by atoms with van der Waals surface area (Å²) in [6, 6.07) is 3.03. The molecule has 2 rings (SSSR count). The van der Waals surface area contributed by atoms with E-state index in [2.05, 4.69) is 40.8 Å². The van der Waals surface area contributed by atoms with Crippen LogP contribution in [0.5, 0.6) is 0 Å². The fourth-order valence-electron chi connectivity index (χ4n) is 2.23. The number of nitrogens with one attached hydrogen (secondary N) is 1. The Morgan fingerprint density at radius 2 is 2.38 bits per heavy atom. The largest absolute Gasteiger partial charge is 0.313 e. The predicted molar refractivity (Wildman–Crippen MR) is 75.5 cm³/mol. The first-order chi connectivity index (χ1) is 7.90. The maximum atomic E-state index is 3.69. The summed E-state index contributed by atoms with van der Waals surface area (Å²) in [7, 11) is 0. The van der Waals surface area contributed by atoms with Crippen LogP contribution in [0, 0.1) is 5.92 Å². The van der Waals surface area contributed by atoms with E-state index in [-0.39, 0.29) is 0 Å². The van der Waals surface area contributed by atoms with Crippen molar-refractivity contribution in [1.82, 2.24) is 5.32 Å². The van der Waals surface area contributed by atoms with Crippen molar-refractivity contribution < 1.29 is 0 Å². The summed E-state index contributed by atoms with van der Waals surface area (Å²) in [4.78, 5) is 0. The average Bonchev–Trinajstić information content (AvgIpc) is 2.94. The summed E-state index contributed by atoms with van der Waals surface area (Å²) in [5.74, 6) is 3.55. The molecule has 1 N–H and O–H groups in total. The van der Waals surface area contributed by atoms with Gasteiger partial charge in [0, 0.05) is 11.8 Å². The monoisotopic (exact) mass is 255 g/mol. The predicted octanol–water partition coefficient (Wildman–Crippen LogP) is 3.41. The van der Waals surface area contributed by atoms with Crippen LogP contribution >= 0.6 is 23.1 Å². The summed E-state index contributed by atoms with van der Waals surface area (Å²) >= 11 is 3.93. The molecule has 0 aliphatic carbocycles. The lowest BCUT2D eigenvalue weighted by atomic mass is 9.96. The molecule has 1 saturated heterocycles. The van der Waals surface area contributed by atoms with Crippen LogP contribution in [0.2, 0.25) is 0 Å². The molecule has 0 radical (unpaired) electrons. The molecule has 1 aliphatic rings. The molecule has 0 amide bonds. The second-order valence-corrected chi connectivity index (χ2v) is 6.38. The Morgan fingerprint density at radius 1 is 1.44 bits per heavy atom. The number of hydrogen-bond donors (Lipinski definition) is 1. The van der Waals surface area contributed by atoms with Gasteiger partial charge in [0.2, 0.25) is 0 Å². The van der Waals surface area contributed by atoms with Gasteiger partial charge in [-0.05, 0) is 59.9 Å². The van der Waals surface area contributed by atoms with Gasteiger partial charge in [-0.1, -0.05) is 6.92 Å². The zero-order valence-corrected chi connectivity index (χ0v) is 11.6. The third-order valence-electron chi connectivity index (χ3n) is 3.24. The molecule has 1 aliphatic heterocycles. The minimum atomic E-state index is 0.767. The van der Waals surface area contributed by atoms with Crippen LogP contribution in [-0.2, 0) is 6.42 Å². The molecule has 2 heterocycles. The van der Waals surface area contributed by atoms with Crippen molar-refractivity contribution >= 4 is 23.1 Å². The van der Waals surface area contributed by atoms with Crippen molar-refractivity contribution in [1.29, 1.82) is 0 Å². The fraction of sp³-hybridized carbons (Fsp3) is 0.692. The lowest BCUT2D eigenvalue weighted by Crippen LogP contribution is -2.36. The van der Waals surface area contributed by atoms with Crippen molar-refractivity contribution in [2.45, 2.75) is 32.2 Å². The highest BCUT2D eigenvalue weighted by atomic mass is 32.2. The highest BCUT2D eigenvalue weighted by Crippen LogP contribution is 2.28. The molecule has 0 spiro atoms. The third-order valence-corrected chi connectivity index (χ3v) is 5.23. The molecule has 1 nitrogen and oxygen atoms in total. The Labute approximate surface area is 107 Å². The van der Waals surface area contributed by atoms with Crippen LogP contribution in [0.4, 0.5) is 0 Å². The Balaban J connectivity index is 1.75. The molecule has 0 saturated carbocycles. The van der Waals surface area contributed by atoms with Gasteiger partial charge in [0.1, 0.15) is 0 Å². The van der Waals surface area contributed by atoms with E-state index in [0.29, 0.717) is 0 Å². The Kier molecular flexibility index (Phi) is 5.20. The van der Waals surface area contributed by atoms with Crippen LogP contribution in [0.15, 0.2) is 16.8 Å². The summed E-state index contributed by atoms with van der Waals surface area (Å²) < 4.78 is 0. The van der Waals surface area contributed by atoms with E-state index in [1.165, 1.54) is 42.9 Å². The van der Waals surface area contributed by atoms with Crippen molar-refractivity contribution in [3.05, 3.63) is 22.4 Å². The number of aryl methyl sites for hydroxylation is 1. The van der Waals surface area contributed by atoms with E-state index in [0.717, 1.165) is 12.0 Å². The fourth-order valence-corrected chi connectivity index (χ4v) is 4.41. The number of thioether (sulfide) groups is 1. The average molecular weight is 255 g/mol. The molecule has 0 aromatic carbocycles. The first kappa shape index (κ1) is 12.5. The van der Waals surface area contributed by atoms with E-state index in [1.807, 2.05) is 11.3 Å². The van der Waals surface area contributed by atoms with Gasteiger partial charge in [-0.2, -0.15) is 23.1 Å². The van der Waals surface area contributed by atoms with Gasteiger partial charge in [0.05, 0.1) is 0 Å². The standard InChI is InChI=1S/C13H21NS2/c1-2-6-14-13-10-16-9-12(13)4-3-11-5-7-15-8-11/h5,7-8,12-14H,2-4,6,9-10H2,1H3. The quantitative estimate of drug-likeness (QED) is 0.836. The molecule has 90 valence electrons. The van der Waals surface area contributed by atoms with E-state index >= 15 is 0 Å². The van der Waals surface area contributed by atoms with Gasteiger partial charge in [-0.15, -0.1) is 0 Å². The minimum Gasteiger partial charge on any atom is -0.313 e. The zero-order chi connectivity index (χ0) is 11.2. The normalized spacial score (nSPS) is 25.1. The summed E-state index contributed by atoms with van der Waals surface area (Å²) in [6.07, 6.45) is 3.86. The number of hydrogen-bond acceptors (Lipinski definition) is 3. The number of rotatable bonds is 6. The molecule has 1 aromatic heterocycles. The summed E-state index contributed by atoms with van der Waals surface area (Å²) in [5, 5.41) is 8.17. The molecular formula is C13H21NS2. The Hall–Kier alpha value is 0.01000. The minimum absolute atomic E-state index is 0.767. The summed E-state index contributed by atoms with van der Waals surface area (Å²) in [5.41, 5.74) is 1.52. The molecule has 3 heteroatoms. The molecule has 16 heavy (non-hydrogen) atoms. The van der Waals surface area contributed by atoms with E-state index in [9.17, 15) is 0 Å². The SMILES string of the molecule is CCCNC1CSCC1CCc1ccsc1. The molecular weight excluding hydrogens is 234 g/mol. The molecule has 1 fully saturated rings. The maximum absolute atomic E-state index is 3.69. The second kappa shape index (κ2) is 6.67. The lowest BCUT2D eigenvalue weighted by molar-refractivity contribution is 0.405. The lowest BCUT2D eigenvalue weighted by Gasteiger charge is -2.19. The van der Waals surface area contributed by atoms with Crippen LogP contribution < -0.4 is 5.32 Å². The first-order valence-electron chi connectivity index (χ1n) is 6.22. The van der Waals surface area contributed by atoms with Crippen molar-refractivity contribution in [3.63, 3.8) is 0 Å². The van der Waals surface area contributed by atoms with Crippen molar-refractivity contribution in [2.24, 2.45) is 5.92 Å². The molecule has 1 aromatic rings. The first-order valence-corrected chi connectivity index (χ1v) is 8.32. The van der Waals surface area contributed by atoms with Gasteiger partial charge in [-0.25, -0.2) is 0 Å². The van der Waals surface area contributed by atoms with E-state index in [1.54, 1.807) is 0 Å². The highest BCUT2D eigenvalue weighted by molar-refractivity contribution is 7.99. The van der Waals surface area contributed by atoms with Crippen molar-refractivity contribution in [3.8, 4) is 0 Å². The highest BCUT2D eigenvalue weighted by Gasteiger charge is 2.26. The molecule has 2 unspecified atom stereocenters. The Bertz CT molecular complexity index is 284. The van der Waals surface area contributed by atoms with Crippen LogP contribution in [0.1, 0.15) is 25.3 Å². The van der Waals surface area contributed by atoms with E-state index in [4.69, 9.17) is 0 Å². The van der Waals surface area contributed by atoms with Crippen LogP contribution in [0.25, 0.3) is 0 Å². The number of thiophene rings is 1. The van der Waals surface area contributed by atoms with Gasteiger partial charge >= 0.3 is 0 Å². The van der Waals surface area contributed by atoms with Gasteiger partial charge in [0.15, 0.2) is 0 Å². The summed E-state index contributed by atoms with van der Waals surface area (Å²) in [6.45, 7) is 3.43. The topological polar surface area (TPSA) is 12.0 Å². The van der Waals surface area contributed by atoms with Gasteiger partial charge in [-0.3, -0.25) is 0 Å². The van der Waals surface area contributed by atoms with E-state index < -0.39 is 0 Å². The van der Waals surface area contributed by atoms with Gasteiger partial charge < -0.3 is 5.32 Å². The van der Waals surface area contributed by atoms with Gasteiger partial charge in [0.25, 0.3) is 0 Å². The third kappa shape index (κ3) is 3.51. The Morgan fingerprint density at radius 3 is 3.12 bits per heavy atom. The maximum Gasteiger partial charge on any atom is 0.0194 e. The van der Waals surface area contributed by atoms with Crippen LogP contribution in [-0.4, -0.2) is 24.1 Å². The van der Waals surface area contributed by atoms with Crippen LogP contribution in [0.3, 0.4) is 0 Å². The zero-order valence-electron chi connectivity index (χ0n) is 9.95. The van der Waals surface area contributed by atoms with Crippen molar-refractivity contribution in [2.75, 3.05) is 18.1 Å².